The summed E-state index contributed by atoms with van der Waals surface area (Å²) in [6.45, 7) is 3.36. The molecule has 1 aromatic carbocycles. The van der Waals surface area contributed by atoms with Gasteiger partial charge >= 0.3 is 0 Å². The molecule has 0 unspecified atom stereocenters. The fourth-order valence-corrected chi connectivity index (χ4v) is 1.93. The first-order valence-electron chi connectivity index (χ1n) is 5.86. The predicted molar refractivity (Wildman–Crippen MR) is 77.7 cm³/mol. The van der Waals surface area contributed by atoms with E-state index in [2.05, 4.69) is 15.3 Å². The summed E-state index contributed by atoms with van der Waals surface area (Å²) in [7, 11) is 0. The van der Waals surface area contributed by atoms with E-state index in [4.69, 9.17) is 23.2 Å². The lowest BCUT2D eigenvalue weighted by molar-refractivity contribution is 0.708. The van der Waals surface area contributed by atoms with Gasteiger partial charge in [0.05, 0.1) is 15.7 Å². The molecule has 0 saturated heterocycles. The Labute approximate surface area is 120 Å². The number of rotatable bonds is 4. The Morgan fingerprint density at radius 1 is 1.26 bits per heavy atom. The molecule has 0 aliphatic heterocycles. The van der Waals surface area contributed by atoms with Gasteiger partial charge in [0.1, 0.15) is 5.82 Å². The van der Waals surface area contributed by atoms with Crippen LogP contribution in [0.25, 0.3) is 11.4 Å². The Kier molecular flexibility index (Phi) is 4.58. The third-order valence-electron chi connectivity index (χ3n) is 2.54. The molecule has 2 N–H and O–H groups in total. The molecule has 100 valence electrons. The van der Waals surface area contributed by atoms with Gasteiger partial charge < -0.3 is 10.3 Å². The monoisotopic (exact) mass is 297 g/mol. The van der Waals surface area contributed by atoms with Crippen molar-refractivity contribution in [2.75, 3.05) is 6.54 Å². The maximum atomic E-state index is 11.6. The minimum absolute atomic E-state index is 0.191. The number of nitrogens with one attached hydrogen (secondary N) is 2. The SMILES string of the molecule is CCNCc1cc(=O)[nH]c(-c2ccc(Cl)c(Cl)c2)n1. The Balaban J connectivity index is 2.40. The first-order valence-corrected chi connectivity index (χ1v) is 6.62. The molecule has 19 heavy (non-hydrogen) atoms. The smallest absolute Gasteiger partial charge is 0.251 e. The van der Waals surface area contributed by atoms with E-state index in [0.29, 0.717) is 28.1 Å². The quantitative estimate of drug-likeness (QED) is 0.912. The molecule has 0 saturated carbocycles. The van der Waals surface area contributed by atoms with Crippen LogP contribution in [-0.4, -0.2) is 16.5 Å². The summed E-state index contributed by atoms with van der Waals surface area (Å²) in [5.41, 5.74) is 1.22. The van der Waals surface area contributed by atoms with E-state index in [1.54, 1.807) is 18.2 Å². The van der Waals surface area contributed by atoms with Crippen LogP contribution in [0.4, 0.5) is 0 Å². The average molecular weight is 298 g/mol. The molecule has 4 nitrogen and oxygen atoms in total. The number of nitrogens with zero attached hydrogens (tertiary/aromatic N) is 1. The third kappa shape index (κ3) is 3.56. The highest BCUT2D eigenvalue weighted by Gasteiger charge is 2.06. The van der Waals surface area contributed by atoms with E-state index in [9.17, 15) is 4.79 Å². The van der Waals surface area contributed by atoms with Crippen molar-refractivity contribution in [2.45, 2.75) is 13.5 Å². The number of hydrogen-bond acceptors (Lipinski definition) is 3. The molecule has 2 rings (SSSR count). The van der Waals surface area contributed by atoms with Crippen molar-refractivity contribution in [1.82, 2.24) is 15.3 Å². The second kappa shape index (κ2) is 6.19. The van der Waals surface area contributed by atoms with Crippen LogP contribution in [0.2, 0.25) is 10.0 Å². The molecule has 0 bridgehead atoms. The predicted octanol–water partition coefficient (Wildman–Crippen LogP) is 2.85. The molecule has 6 heteroatoms. The topological polar surface area (TPSA) is 57.8 Å². The fourth-order valence-electron chi connectivity index (χ4n) is 1.63. The van der Waals surface area contributed by atoms with Gasteiger partial charge in [-0.25, -0.2) is 4.98 Å². The third-order valence-corrected chi connectivity index (χ3v) is 3.28. The zero-order valence-electron chi connectivity index (χ0n) is 10.3. The van der Waals surface area contributed by atoms with Gasteiger partial charge in [-0.1, -0.05) is 30.1 Å². The molecule has 0 amide bonds. The Hall–Kier alpha value is -1.36. The van der Waals surface area contributed by atoms with Crippen LogP contribution in [-0.2, 0) is 6.54 Å². The van der Waals surface area contributed by atoms with E-state index < -0.39 is 0 Å². The van der Waals surface area contributed by atoms with Crippen molar-refractivity contribution >= 4 is 23.2 Å². The Morgan fingerprint density at radius 2 is 2.05 bits per heavy atom. The van der Waals surface area contributed by atoms with Gasteiger partial charge in [0.15, 0.2) is 0 Å². The van der Waals surface area contributed by atoms with Crippen molar-refractivity contribution in [3.63, 3.8) is 0 Å². The standard InChI is InChI=1S/C13H13Cl2N3O/c1-2-16-7-9-6-12(19)18-13(17-9)8-3-4-10(14)11(15)5-8/h3-6,16H,2,7H2,1H3,(H,17,18,19). The van der Waals surface area contributed by atoms with Gasteiger partial charge in [-0.15, -0.1) is 0 Å². The van der Waals surface area contributed by atoms with Crippen molar-refractivity contribution in [3.8, 4) is 11.4 Å². The molecular formula is C13H13Cl2N3O. The number of hydrogen-bond donors (Lipinski definition) is 2. The number of aromatic amines is 1. The van der Waals surface area contributed by atoms with E-state index in [0.717, 1.165) is 12.1 Å². The second-order valence-corrected chi connectivity index (χ2v) is 4.81. The molecule has 0 aliphatic carbocycles. The van der Waals surface area contributed by atoms with Crippen LogP contribution in [0, 0.1) is 0 Å². The summed E-state index contributed by atoms with van der Waals surface area (Å²) in [4.78, 5) is 18.7. The largest absolute Gasteiger partial charge is 0.311 e. The van der Waals surface area contributed by atoms with Gasteiger partial charge in [0.2, 0.25) is 0 Å². The molecular weight excluding hydrogens is 285 g/mol. The maximum absolute atomic E-state index is 11.6. The molecule has 0 aliphatic rings. The Morgan fingerprint density at radius 3 is 2.74 bits per heavy atom. The average Bonchev–Trinajstić information content (AvgIpc) is 2.39. The van der Waals surface area contributed by atoms with E-state index >= 15 is 0 Å². The highest BCUT2D eigenvalue weighted by atomic mass is 35.5. The highest BCUT2D eigenvalue weighted by Crippen LogP contribution is 2.26. The van der Waals surface area contributed by atoms with Crippen LogP contribution in [0.5, 0.6) is 0 Å². The van der Waals surface area contributed by atoms with Gasteiger partial charge in [0, 0.05) is 18.2 Å². The lowest BCUT2D eigenvalue weighted by atomic mass is 10.2. The summed E-state index contributed by atoms with van der Waals surface area (Å²) < 4.78 is 0. The minimum atomic E-state index is -0.191. The van der Waals surface area contributed by atoms with Crippen molar-refractivity contribution < 1.29 is 0 Å². The normalized spacial score (nSPS) is 10.7. The van der Waals surface area contributed by atoms with Crippen LogP contribution in [0.3, 0.4) is 0 Å². The zero-order valence-corrected chi connectivity index (χ0v) is 11.8. The number of H-pyrrole nitrogens is 1. The van der Waals surface area contributed by atoms with E-state index in [-0.39, 0.29) is 5.56 Å². The Bertz CT molecular complexity index is 640. The van der Waals surface area contributed by atoms with Crippen LogP contribution >= 0.6 is 23.2 Å². The van der Waals surface area contributed by atoms with Crippen LogP contribution < -0.4 is 10.9 Å². The summed E-state index contributed by atoms with van der Waals surface area (Å²) in [6.07, 6.45) is 0. The highest BCUT2D eigenvalue weighted by molar-refractivity contribution is 6.42. The summed E-state index contributed by atoms with van der Waals surface area (Å²) in [5, 5.41) is 4.03. The minimum Gasteiger partial charge on any atom is -0.311 e. The second-order valence-electron chi connectivity index (χ2n) is 3.99. The van der Waals surface area contributed by atoms with E-state index in [1.807, 2.05) is 6.92 Å². The molecule has 1 heterocycles. The maximum Gasteiger partial charge on any atom is 0.251 e. The number of halogens is 2. The molecule has 2 aromatic rings. The van der Waals surface area contributed by atoms with Crippen LogP contribution in [0.1, 0.15) is 12.6 Å². The summed E-state index contributed by atoms with van der Waals surface area (Å²) in [6, 6.07) is 6.60. The molecule has 1 aromatic heterocycles. The van der Waals surface area contributed by atoms with E-state index in [1.165, 1.54) is 6.07 Å². The van der Waals surface area contributed by atoms with Crippen molar-refractivity contribution in [3.05, 3.63) is 50.4 Å². The van der Waals surface area contributed by atoms with Gasteiger partial charge in [0.25, 0.3) is 5.56 Å². The molecule has 0 spiro atoms. The zero-order chi connectivity index (χ0) is 13.8. The summed E-state index contributed by atoms with van der Waals surface area (Å²) >= 11 is 11.8. The van der Waals surface area contributed by atoms with Crippen molar-refractivity contribution in [2.24, 2.45) is 0 Å². The van der Waals surface area contributed by atoms with Crippen molar-refractivity contribution in [1.29, 1.82) is 0 Å². The first kappa shape index (κ1) is 14.1. The fraction of sp³-hybridized carbons (Fsp3) is 0.231. The molecule has 0 atom stereocenters. The van der Waals surface area contributed by atoms with Gasteiger partial charge in [-0.05, 0) is 24.7 Å². The lowest BCUT2D eigenvalue weighted by Gasteiger charge is -2.06. The number of aromatic nitrogens is 2. The lowest BCUT2D eigenvalue weighted by Crippen LogP contribution is -2.17. The molecule has 0 radical (unpaired) electrons. The molecule has 0 fully saturated rings. The number of benzene rings is 1. The summed E-state index contributed by atoms with van der Waals surface area (Å²) in [5.74, 6) is 0.485. The first-order chi connectivity index (χ1) is 9.10. The van der Waals surface area contributed by atoms with Gasteiger partial charge in [-0.3, -0.25) is 4.79 Å². The van der Waals surface area contributed by atoms with Crippen LogP contribution in [0.15, 0.2) is 29.1 Å². The van der Waals surface area contributed by atoms with Gasteiger partial charge in [-0.2, -0.15) is 0 Å².